The van der Waals surface area contributed by atoms with Crippen molar-refractivity contribution in [3.05, 3.63) is 108 Å². The van der Waals surface area contributed by atoms with Crippen molar-refractivity contribution in [2.24, 2.45) is 0 Å². The van der Waals surface area contributed by atoms with Gasteiger partial charge in [0.1, 0.15) is 0 Å². The molecule has 144 valence electrons. The Bertz CT molecular complexity index is 808. The maximum atomic E-state index is 13.2. The van der Waals surface area contributed by atoms with Gasteiger partial charge in [0.2, 0.25) is 5.91 Å². The standard InChI is InChI=1S/C25H28N2O/c1-27(2)23(18-20-12-6-3-7-13-20)19-26-25(28)24(21-14-8-4-9-15-21)22-16-10-5-11-17-22/h3-17,23-24H,18-19H2,1-2H3,(H,26,28)/t23-/m0/s1. The summed E-state index contributed by atoms with van der Waals surface area (Å²) < 4.78 is 0. The van der Waals surface area contributed by atoms with Crippen molar-refractivity contribution in [2.45, 2.75) is 18.4 Å². The van der Waals surface area contributed by atoms with Gasteiger partial charge in [0.25, 0.3) is 0 Å². The molecule has 28 heavy (non-hydrogen) atoms. The lowest BCUT2D eigenvalue weighted by molar-refractivity contribution is -0.121. The molecule has 3 heteroatoms. The van der Waals surface area contributed by atoms with Crippen molar-refractivity contribution in [2.75, 3.05) is 20.6 Å². The molecule has 3 nitrogen and oxygen atoms in total. The van der Waals surface area contributed by atoms with E-state index in [1.165, 1.54) is 5.56 Å². The Balaban J connectivity index is 1.74. The first-order chi connectivity index (χ1) is 13.6. The van der Waals surface area contributed by atoms with Gasteiger partial charge in [-0.05, 0) is 37.2 Å². The summed E-state index contributed by atoms with van der Waals surface area (Å²) in [6.07, 6.45) is 0.898. The van der Waals surface area contributed by atoms with E-state index in [-0.39, 0.29) is 17.9 Å². The lowest BCUT2D eigenvalue weighted by atomic mass is 9.90. The van der Waals surface area contributed by atoms with Crippen LogP contribution in [0.3, 0.4) is 0 Å². The lowest BCUT2D eigenvalue weighted by Gasteiger charge is -2.26. The minimum atomic E-state index is -0.304. The lowest BCUT2D eigenvalue weighted by Crippen LogP contribution is -2.43. The predicted octanol–water partition coefficient (Wildman–Crippen LogP) is 4.11. The number of amides is 1. The molecule has 0 saturated carbocycles. The molecule has 3 aromatic carbocycles. The van der Waals surface area contributed by atoms with Crippen LogP contribution in [0.2, 0.25) is 0 Å². The number of nitrogens with zero attached hydrogens (tertiary/aromatic N) is 1. The predicted molar refractivity (Wildman–Crippen MR) is 115 cm³/mol. The second-order valence-corrected chi connectivity index (χ2v) is 7.31. The fraction of sp³-hybridized carbons (Fsp3) is 0.240. The molecule has 1 amide bonds. The van der Waals surface area contributed by atoms with Gasteiger partial charge in [0, 0.05) is 12.6 Å². The highest BCUT2D eigenvalue weighted by atomic mass is 16.1. The van der Waals surface area contributed by atoms with Gasteiger partial charge >= 0.3 is 0 Å². The third-order valence-electron chi connectivity index (χ3n) is 5.08. The molecule has 0 aliphatic carbocycles. The van der Waals surface area contributed by atoms with Gasteiger partial charge in [-0.15, -0.1) is 0 Å². The first kappa shape index (κ1) is 19.8. The van der Waals surface area contributed by atoms with Gasteiger partial charge in [-0.3, -0.25) is 4.79 Å². The van der Waals surface area contributed by atoms with E-state index in [1.54, 1.807) is 0 Å². The monoisotopic (exact) mass is 372 g/mol. The fourth-order valence-electron chi connectivity index (χ4n) is 3.43. The summed E-state index contributed by atoms with van der Waals surface area (Å²) in [5.74, 6) is -0.265. The van der Waals surface area contributed by atoms with Crippen LogP contribution in [0, 0.1) is 0 Å². The van der Waals surface area contributed by atoms with Crippen molar-refractivity contribution in [3.8, 4) is 0 Å². The van der Waals surface area contributed by atoms with Crippen molar-refractivity contribution >= 4 is 5.91 Å². The Morgan fingerprint density at radius 1 is 0.786 bits per heavy atom. The van der Waals surface area contributed by atoms with Crippen LogP contribution in [0.1, 0.15) is 22.6 Å². The van der Waals surface area contributed by atoms with E-state index in [4.69, 9.17) is 0 Å². The Hall–Kier alpha value is -2.91. The van der Waals surface area contributed by atoms with Crippen LogP contribution in [0.25, 0.3) is 0 Å². The number of hydrogen-bond acceptors (Lipinski definition) is 2. The normalized spacial score (nSPS) is 12.1. The van der Waals surface area contributed by atoms with Crippen molar-refractivity contribution in [1.82, 2.24) is 10.2 Å². The van der Waals surface area contributed by atoms with E-state index in [2.05, 4.69) is 48.6 Å². The summed E-state index contributed by atoms with van der Waals surface area (Å²) in [5, 5.41) is 3.20. The zero-order valence-corrected chi connectivity index (χ0v) is 16.6. The van der Waals surface area contributed by atoms with Gasteiger partial charge < -0.3 is 10.2 Å². The van der Waals surface area contributed by atoms with Gasteiger partial charge in [-0.25, -0.2) is 0 Å². The molecule has 0 aliphatic heterocycles. The van der Waals surface area contributed by atoms with Crippen LogP contribution < -0.4 is 5.32 Å². The molecule has 0 unspecified atom stereocenters. The SMILES string of the molecule is CN(C)[C@H](CNC(=O)C(c1ccccc1)c1ccccc1)Cc1ccccc1. The molecule has 0 radical (unpaired) electrons. The minimum absolute atomic E-state index is 0.0392. The summed E-state index contributed by atoms with van der Waals surface area (Å²) in [6, 6.07) is 30.6. The molecule has 0 aliphatic rings. The molecular formula is C25H28N2O. The molecule has 1 atom stereocenters. The molecule has 0 spiro atoms. The van der Waals surface area contributed by atoms with Crippen molar-refractivity contribution < 1.29 is 4.79 Å². The van der Waals surface area contributed by atoms with E-state index >= 15 is 0 Å². The molecule has 3 rings (SSSR count). The van der Waals surface area contributed by atoms with E-state index in [0.717, 1.165) is 17.5 Å². The number of carbonyl (C=O) groups excluding carboxylic acids is 1. The number of likely N-dealkylation sites (N-methyl/N-ethyl adjacent to an activating group) is 1. The van der Waals surface area contributed by atoms with E-state index in [0.29, 0.717) is 6.54 Å². The number of nitrogens with one attached hydrogen (secondary N) is 1. The van der Waals surface area contributed by atoms with Crippen LogP contribution >= 0.6 is 0 Å². The molecule has 0 fully saturated rings. The van der Waals surface area contributed by atoms with E-state index in [1.807, 2.05) is 66.7 Å². The molecule has 3 aromatic rings. The summed E-state index contributed by atoms with van der Waals surface area (Å²) in [5.41, 5.74) is 3.30. The molecular weight excluding hydrogens is 344 g/mol. The van der Waals surface area contributed by atoms with Crippen LogP contribution in [-0.2, 0) is 11.2 Å². The Kier molecular flexibility index (Phi) is 6.99. The first-order valence-corrected chi connectivity index (χ1v) is 9.73. The Morgan fingerprint density at radius 3 is 1.71 bits per heavy atom. The maximum Gasteiger partial charge on any atom is 0.232 e. The highest BCUT2D eigenvalue weighted by Gasteiger charge is 2.23. The Labute approximate surface area is 168 Å². The van der Waals surface area contributed by atoms with Gasteiger partial charge in [-0.1, -0.05) is 91.0 Å². The molecule has 0 bridgehead atoms. The average molecular weight is 373 g/mol. The summed E-state index contributed by atoms with van der Waals surface area (Å²) in [6.45, 7) is 0.608. The van der Waals surface area contributed by atoms with E-state index < -0.39 is 0 Å². The van der Waals surface area contributed by atoms with Gasteiger partial charge in [-0.2, -0.15) is 0 Å². The minimum Gasteiger partial charge on any atom is -0.354 e. The molecule has 1 N–H and O–H groups in total. The topological polar surface area (TPSA) is 32.3 Å². The van der Waals surface area contributed by atoms with Crippen LogP contribution in [0.5, 0.6) is 0 Å². The highest BCUT2D eigenvalue weighted by molar-refractivity contribution is 5.87. The zero-order chi connectivity index (χ0) is 19.8. The van der Waals surface area contributed by atoms with Crippen LogP contribution in [-0.4, -0.2) is 37.5 Å². The molecule has 0 saturated heterocycles. The largest absolute Gasteiger partial charge is 0.354 e. The number of benzene rings is 3. The smallest absolute Gasteiger partial charge is 0.232 e. The van der Waals surface area contributed by atoms with Gasteiger partial charge in [0.05, 0.1) is 5.92 Å². The highest BCUT2D eigenvalue weighted by Crippen LogP contribution is 2.24. The third kappa shape index (κ3) is 5.30. The van der Waals surface area contributed by atoms with Crippen molar-refractivity contribution in [3.63, 3.8) is 0 Å². The quantitative estimate of drug-likeness (QED) is 0.645. The summed E-state index contributed by atoms with van der Waals surface area (Å²) in [7, 11) is 4.12. The van der Waals surface area contributed by atoms with Gasteiger partial charge in [0.15, 0.2) is 0 Å². The van der Waals surface area contributed by atoms with Crippen LogP contribution in [0.15, 0.2) is 91.0 Å². The average Bonchev–Trinajstić information content (AvgIpc) is 2.73. The second kappa shape index (κ2) is 9.86. The summed E-state index contributed by atoms with van der Waals surface area (Å²) in [4.78, 5) is 15.4. The Morgan fingerprint density at radius 2 is 1.25 bits per heavy atom. The number of rotatable bonds is 8. The maximum absolute atomic E-state index is 13.2. The zero-order valence-electron chi connectivity index (χ0n) is 16.6. The number of carbonyl (C=O) groups is 1. The summed E-state index contributed by atoms with van der Waals surface area (Å²) >= 11 is 0. The van der Waals surface area contributed by atoms with E-state index in [9.17, 15) is 4.79 Å². The number of hydrogen-bond donors (Lipinski definition) is 1. The molecule has 0 aromatic heterocycles. The fourth-order valence-corrected chi connectivity index (χ4v) is 3.43. The first-order valence-electron chi connectivity index (χ1n) is 9.73. The second-order valence-electron chi connectivity index (χ2n) is 7.31. The van der Waals surface area contributed by atoms with Crippen molar-refractivity contribution in [1.29, 1.82) is 0 Å². The third-order valence-corrected chi connectivity index (χ3v) is 5.08. The molecule has 0 heterocycles. The van der Waals surface area contributed by atoms with Crippen LogP contribution in [0.4, 0.5) is 0 Å².